The molecule has 2 nitrogen and oxygen atoms in total. The van der Waals surface area contributed by atoms with E-state index in [4.69, 9.17) is 22.1 Å². The molecule has 2 aliphatic rings. The molecule has 0 aliphatic carbocycles. The zero-order valence-electron chi connectivity index (χ0n) is 12.0. The SMILES string of the molecule is NC(c1cccc(Cl)c1F)C1CCOC2(CCSCC2)C1. The summed E-state index contributed by atoms with van der Waals surface area (Å²) in [4.78, 5) is 0. The summed E-state index contributed by atoms with van der Waals surface area (Å²) in [6.45, 7) is 0.727. The number of ether oxygens (including phenoxy) is 1. The van der Waals surface area contributed by atoms with Crippen molar-refractivity contribution in [2.24, 2.45) is 11.7 Å². The fourth-order valence-electron chi connectivity index (χ4n) is 3.50. The van der Waals surface area contributed by atoms with Crippen LogP contribution in [0.3, 0.4) is 0 Å². The summed E-state index contributed by atoms with van der Waals surface area (Å²) in [5.74, 6) is 2.18. The van der Waals surface area contributed by atoms with Crippen LogP contribution in [-0.4, -0.2) is 23.7 Å². The lowest BCUT2D eigenvalue weighted by molar-refractivity contribution is -0.106. The van der Waals surface area contributed by atoms with Crippen LogP contribution in [0.2, 0.25) is 5.02 Å². The van der Waals surface area contributed by atoms with Gasteiger partial charge in [-0.15, -0.1) is 0 Å². The van der Waals surface area contributed by atoms with E-state index >= 15 is 0 Å². The third-order valence-electron chi connectivity index (χ3n) is 4.78. The van der Waals surface area contributed by atoms with Crippen LogP contribution in [0.5, 0.6) is 0 Å². The van der Waals surface area contributed by atoms with Gasteiger partial charge >= 0.3 is 0 Å². The van der Waals surface area contributed by atoms with Crippen LogP contribution in [0.4, 0.5) is 4.39 Å². The van der Waals surface area contributed by atoms with E-state index in [1.54, 1.807) is 18.2 Å². The molecule has 1 aromatic carbocycles. The highest BCUT2D eigenvalue weighted by molar-refractivity contribution is 7.99. The Morgan fingerprint density at radius 1 is 1.38 bits per heavy atom. The zero-order chi connectivity index (χ0) is 14.9. The van der Waals surface area contributed by atoms with Crippen molar-refractivity contribution in [3.63, 3.8) is 0 Å². The molecular weight excluding hydrogens is 309 g/mol. The van der Waals surface area contributed by atoms with Gasteiger partial charge in [-0.25, -0.2) is 4.39 Å². The van der Waals surface area contributed by atoms with Crippen LogP contribution in [0, 0.1) is 11.7 Å². The highest BCUT2D eigenvalue weighted by Gasteiger charge is 2.41. The van der Waals surface area contributed by atoms with Crippen molar-refractivity contribution in [3.8, 4) is 0 Å². The normalized spacial score (nSPS) is 26.7. The van der Waals surface area contributed by atoms with Crippen LogP contribution in [0.15, 0.2) is 18.2 Å². The van der Waals surface area contributed by atoms with Gasteiger partial charge in [0.15, 0.2) is 0 Å². The minimum atomic E-state index is -0.369. The van der Waals surface area contributed by atoms with Crippen LogP contribution >= 0.6 is 23.4 Å². The van der Waals surface area contributed by atoms with Crippen molar-refractivity contribution in [2.45, 2.75) is 37.3 Å². The van der Waals surface area contributed by atoms with E-state index in [9.17, 15) is 4.39 Å². The molecule has 3 rings (SSSR count). The Bertz CT molecular complexity index is 502. The highest BCUT2D eigenvalue weighted by Crippen LogP contribution is 2.43. The Kier molecular flexibility index (Phi) is 4.79. The lowest BCUT2D eigenvalue weighted by Gasteiger charge is -2.44. The van der Waals surface area contributed by atoms with Crippen molar-refractivity contribution >= 4 is 23.4 Å². The molecule has 1 aromatic rings. The highest BCUT2D eigenvalue weighted by atomic mass is 35.5. The molecule has 2 N–H and O–H groups in total. The predicted octanol–water partition coefficient (Wildman–Crippen LogP) is 4.17. The van der Waals surface area contributed by atoms with E-state index in [0.29, 0.717) is 5.56 Å². The number of rotatable bonds is 2. The largest absolute Gasteiger partial charge is 0.375 e. The fraction of sp³-hybridized carbons (Fsp3) is 0.625. The van der Waals surface area contributed by atoms with Crippen LogP contribution < -0.4 is 5.73 Å². The standard InChI is InChI=1S/C16H21ClFNOS/c17-13-3-1-2-12(14(13)18)15(19)11-4-7-20-16(10-11)5-8-21-9-6-16/h1-3,11,15H,4-10,19H2. The molecule has 116 valence electrons. The maximum atomic E-state index is 14.2. The second-order valence-corrected chi connectivity index (χ2v) is 7.70. The van der Waals surface area contributed by atoms with Crippen molar-refractivity contribution in [2.75, 3.05) is 18.1 Å². The molecule has 0 amide bonds. The molecule has 0 saturated carbocycles. The van der Waals surface area contributed by atoms with Gasteiger partial charge in [0.2, 0.25) is 0 Å². The van der Waals surface area contributed by atoms with E-state index in [1.165, 1.54) is 0 Å². The number of hydrogen-bond acceptors (Lipinski definition) is 3. The smallest absolute Gasteiger partial charge is 0.146 e. The number of hydrogen-bond donors (Lipinski definition) is 1. The van der Waals surface area contributed by atoms with Crippen LogP contribution in [-0.2, 0) is 4.74 Å². The summed E-state index contributed by atoms with van der Waals surface area (Å²) in [5, 5.41) is 0.152. The lowest BCUT2D eigenvalue weighted by atomic mass is 9.77. The van der Waals surface area contributed by atoms with Crippen molar-refractivity contribution in [3.05, 3.63) is 34.6 Å². The van der Waals surface area contributed by atoms with E-state index in [0.717, 1.165) is 43.8 Å². The maximum Gasteiger partial charge on any atom is 0.146 e. The molecule has 5 heteroatoms. The molecular formula is C16H21ClFNOS. The summed E-state index contributed by atoms with van der Waals surface area (Å²) < 4.78 is 20.3. The summed E-state index contributed by atoms with van der Waals surface area (Å²) in [5.41, 5.74) is 6.88. The van der Waals surface area contributed by atoms with E-state index in [1.807, 2.05) is 11.8 Å². The van der Waals surface area contributed by atoms with Gasteiger partial charge in [0.25, 0.3) is 0 Å². The second-order valence-electron chi connectivity index (χ2n) is 6.07. The lowest BCUT2D eigenvalue weighted by Crippen LogP contribution is -2.45. The number of thioether (sulfide) groups is 1. The molecule has 0 bridgehead atoms. The Morgan fingerprint density at radius 3 is 2.90 bits per heavy atom. The van der Waals surface area contributed by atoms with Crippen molar-refractivity contribution in [1.29, 1.82) is 0 Å². The second kappa shape index (κ2) is 6.45. The molecule has 21 heavy (non-hydrogen) atoms. The molecule has 2 aliphatic heterocycles. The monoisotopic (exact) mass is 329 g/mol. The van der Waals surface area contributed by atoms with Gasteiger partial charge < -0.3 is 10.5 Å². The third-order valence-corrected chi connectivity index (χ3v) is 6.06. The number of halogens is 2. The Balaban J connectivity index is 1.78. The topological polar surface area (TPSA) is 35.2 Å². The molecule has 2 heterocycles. The fourth-order valence-corrected chi connectivity index (χ4v) is 4.91. The third kappa shape index (κ3) is 3.24. The molecule has 2 unspecified atom stereocenters. The summed E-state index contributed by atoms with van der Waals surface area (Å²) in [6.07, 6.45) is 3.99. The maximum absolute atomic E-state index is 14.2. The van der Waals surface area contributed by atoms with Crippen LogP contribution in [0.25, 0.3) is 0 Å². The van der Waals surface area contributed by atoms with Crippen molar-refractivity contribution < 1.29 is 9.13 Å². The first-order valence-corrected chi connectivity index (χ1v) is 9.06. The average Bonchev–Trinajstić information content (AvgIpc) is 2.50. The first-order chi connectivity index (χ1) is 10.1. The molecule has 1 spiro atoms. The number of nitrogens with two attached hydrogens (primary N) is 1. The van der Waals surface area contributed by atoms with Gasteiger partial charge in [0.1, 0.15) is 5.82 Å². The average molecular weight is 330 g/mol. The van der Waals surface area contributed by atoms with Gasteiger partial charge in [0.05, 0.1) is 10.6 Å². The van der Waals surface area contributed by atoms with E-state index in [2.05, 4.69) is 0 Å². The summed E-state index contributed by atoms with van der Waals surface area (Å²) in [6, 6.07) is 4.79. The zero-order valence-corrected chi connectivity index (χ0v) is 13.6. The first kappa shape index (κ1) is 15.6. The molecule has 0 radical (unpaired) electrons. The predicted molar refractivity (Wildman–Crippen MR) is 86.3 cm³/mol. The van der Waals surface area contributed by atoms with Gasteiger partial charge in [0, 0.05) is 18.2 Å². The van der Waals surface area contributed by atoms with E-state index < -0.39 is 0 Å². The Hall–Kier alpha value is -0.290. The molecule has 2 fully saturated rings. The van der Waals surface area contributed by atoms with Crippen LogP contribution in [0.1, 0.15) is 37.3 Å². The Morgan fingerprint density at radius 2 is 2.14 bits per heavy atom. The quantitative estimate of drug-likeness (QED) is 0.884. The van der Waals surface area contributed by atoms with Gasteiger partial charge in [-0.1, -0.05) is 23.7 Å². The molecule has 0 aromatic heterocycles. The van der Waals surface area contributed by atoms with Gasteiger partial charge in [-0.05, 0) is 49.2 Å². The first-order valence-electron chi connectivity index (χ1n) is 7.52. The number of benzene rings is 1. The minimum absolute atomic E-state index is 0.0269. The summed E-state index contributed by atoms with van der Waals surface area (Å²) in [7, 11) is 0. The molecule has 2 saturated heterocycles. The minimum Gasteiger partial charge on any atom is -0.375 e. The van der Waals surface area contributed by atoms with Crippen molar-refractivity contribution in [1.82, 2.24) is 0 Å². The van der Waals surface area contributed by atoms with Gasteiger partial charge in [-0.3, -0.25) is 0 Å². The van der Waals surface area contributed by atoms with Gasteiger partial charge in [-0.2, -0.15) is 11.8 Å². The molecule has 2 atom stereocenters. The summed E-state index contributed by atoms with van der Waals surface area (Å²) >= 11 is 7.87. The Labute approximate surface area is 134 Å². The van der Waals surface area contributed by atoms with E-state index in [-0.39, 0.29) is 28.4 Å².